The van der Waals surface area contributed by atoms with Crippen molar-refractivity contribution in [2.45, 2.75) is 19.4 Å². The molecule has 0 atom stereocenters. The highest BCUT2D eigenvalue weighted by molar-refractivity contribution is 5.74. The topological polar surface area (TPSA) is 61.0 Å². The molecule has 1 fully saturated rings. The molecule has 1 saturated heterocycles. The number of alkyl halides is 2. The molecule has 0 amide bonds. The molecule has 1 aliphatic rings. The first-order chi connectivity index (χ1) is 10.4. The van der Waals surface area contributed by atoms with Crippen molar-refractivity contribution in [1.82, 2.24) is 20.2 Å². The van der Waals surface area contributed by atoms with E-state index in [0.29, 0.717) is 18.0 Å². The number of aromatic nitrogens is 2. The highest BCUT2D eigenvalue weighted by Gasteiger charge is 2.30. The van der Waals surface area contributed by atoms with Gasteiger partial charge in [-0.3, -0.25) is 9.69 Å². The largest absolute Gasteiger partial charge is 0.319 e. The second kappa shape index (κ2) is 5.73. The number of hydrogen-bond donors (Lipinski definition) is 2. The van der Waals surface area contributed by atoms with Crippen molar-refractivity contribution in [2.24, 2.45) is 0 Å². The third-order valence-electron chi connectivity index (χ3n) is 3.79. The smallest absolute Gasteiger partial charge is 0.292 e. The monoisotopic (exact) mass is 308 g/mol. The summed E-state index contributed by atoms with van der Waals surface area (Å²) in [6.07, 6.45) is 0. The molecule has 22 heavy (non-hydrogen) atoms. The lowest BCUT2D eigenvalue weighted by Crippen LogP contribution is -2.42. The van der Waals surface area contributed by atoms with E-state index in [2.05, 4.69) is 20.2 Å². The SMILES string of the molecule is CC(F)(F)c1nc2ccc(CN3CCNCC3)cc2[nH]c1=O. The number of aromatic amines is 1. The van der Waals surface area contributed by atoms with Crippen LogP contribution in [0, 0.1) is 0 Å². The molecule has 3 rings (SSSR count). The Labute approximate surface area is 126 Å². The average molecular weight is 308 g/mol. The molecule has 1 aromatic carbocycles. The second-order valence-electron chi connectivity index (χ2n) is 5.68. The maximum Gasteiger partial charge on any atom is 0.292 e. The summed E-state index contributed by atoms with van der Waals surface area (Å²) in [7, 11) is 0. The third kappa shape index (κ3) is 3.15. The van der Waals surface area contributed by atoms with Gasteiger partial charge in [0.25, 0.3) is 11.5 Å². The molecule has 0 radical (unpaired) electrons. The number of benzene rings is 1. The molecule has 0 bridgehead atoms. The van der Waals surface area contributed by atoms with Crippen LogP contribution in [0.3, 0.4) is 0 Å². The van der Waals surface area contributed by atoms with Crippen molar-refractivity contribution >= 4 is 11.0 Å². The van der Waals surface area contributed by atoms with Crippen LogP contribution >= 0.6 is 0 Å². The summed E-state index contributed by atoms with van der Waals surface area (Å²) in [5, 5.41) is 3.29. The highest BCUT2D eigenvalue weighted by Crippen LogP contribution is 2.23. The third-order valence-corrected chi connectivity index (χ3v) is 3.79. The van der Waals surface area contributed by atoms with Gasteiger partial charge in [0, 0.05) is 39.6 Å². The Morgan fingerprint density at radius 3 is 2.73 bits per heavy atom. The lowest BCUT2D eigenvalue weighted by atomic mass is 10.1. The Morgan fingerprint density at radius 1 is 1.32 bits per heavy atom. The molecule has 2 N–H and O–H groups in total. The summed E-state index contributed by atoms with van der Waals surface area (Å²) < 4.78 is 26.7. The first-order valence-corrected chi connectivity index (χ1v) is 7.28. The fraction of sp³-hybridized carbons (Fsp3) is 0.467. The summed E-state index contributed by atoms with van der Waals surface area (Å²) in [6, 6.07) is 5.36. The molecule has 0 unspecified atom stereocenters. The van der Waals surface area contributed by atoms with Crippen LogP contribution < -0.4 is 10.9 Å². The van der Waals surface area contributed by atoms with Crippen LogP contribution in [0.2, 0.25) is 0 Å². The maximum atomic E-state index is 13.3. The molecule has 5 nitrogen and oxygen atoms in total. The Morgan fingerprint density at radius 2 is 2.05 bits per heavy atom. The first-order valence-electron chi connectivity index (χ1n) is 7.28. The number of fused-ring (bicyclic) bond motifs is 1. The Hall–Kier alpha value is -1.86. The van der Waals surface area contributed by atoms with Gasteiger partial charge in [0.05, 0.1) is 11.0 Å². The summed E-state index contributed by atoms with van der Waals surface area (Å²) in [5.74, 6) is -3.25. The number of H-pyrrole nitrogens is 1. The van der Waals surface area contributed by atoms with Crippen molar-refractivity contribution in [1.29, 1.82) is 0 Å². The Balaban J connectivity index is 1.91. The van der Waals surface area contributed by atoms with Crippen molar-refractivity contribution in [3.63, 3.8) is 0 Å². The van der Waals surface area contributed by atoms with Crippen LogP contribution in [0.1, 0.15) is 18.2 Å². The molecule has 1 aliphatic heterocycles. The van der Waals surface area contributed by atoms with Crippen molar-refractivity contribution < 1.29 is 8.78 Å². The van der Waals surface area contributed by atoms with Gasteiger partial charge in [-0.2, -0.15) is 8.78 Å². The van der Waals surface area contributed by atoms with Crippen LogP contribution in [0.4, 0.5) is 8.78 Å². The van der Waals surface area contributed by atoms with Gasteiger partial charge in [-0.15, -0.1) is 0 Å². The zero-order chi connectivity index (χ0) is 15.7. The van der Waals surface area contributed by atoms with Gasteiger partial charge in [-0.1, -0.05) is 6.07 Å². The molecule has 2 aromatic rings. The van der Waals surface area contributed by atoms with E-state index in [1.165, 1.54) is 0 Å². The van der Waals surface area contributed by atoms with Crippen LogP contribution in [-0.4, -0.2) is 41.0 Å². The van der Waals surface area contributed by atoms with Gasteiger partial charge >= 0.3 is 0 Å². The maximum absolute atomic E-state index is 13.3. The summed E-state index contributed by atoms with van der Waals surface area (Å²) in [4.78, 5) is 20.4. The molecule has 1 aromatic heterocycles. The van der Waals surface area contributed by atoms with E-state index in [-0.39, 0.29) is 0 Å². The van der Waals surface area contributed by atoms with Crippen molar-refractivity contribution in [2.75, 3.05) is 26.2 Å². The lowest BCUT2D eigenvalue weighted by Gasteiger charge is -2.27. The van der Waals surface area contributed by atoms with Gasteiger partial charge in [0.2, 0.25) is 0 Å². The van der Waals surface area contributed by atoms with Crippen LogP contribution in [-0.2, 0) is 12.5 Å². The number of rotatable bonds is 3. The van der Waals surface area contributed by atoms with Crippen molar-refractivity contribution in [3.05, 3.63) is 39.8 Å². The Kier molecular flexibility index (Phi) is 3.92. The van der Waals surface area contributed by atoms with E-state index < -0.39 is 17.2 Å². The number of piperazine rings is 1. The molecule has 118 valence electrons. The van der Waals surface area contributed by atoms with Gasteiger partial charge < -0.3 is 10.3 Å². The predicted octanol–water partition coefficient (Wildman–Crippen LogP) is 1.44. The van der Waals surface area contributed by atoms with Gasteiger partial charge in [0.1, 0.15) is 0 Å². The van der Waals surface area contributed by atoms with Crippen molar-refractivity contribution in [3.8, 4) is 0 Å². The fourth-order valence-electron chi connectivity index (χ4n) is 2.66. The second-order valence-corrected chi connectivity index (χ2v) is 5.68. The summed E-state index contributed by atoms with van der Waals surface area (Å²) in [5.41, 5.74) is 0.322. The highest BCUT2D eigenvalue weighted by atomic mass is 19.3. The van der Waals surface area contributed by atoms with E-state index in [1.807, 2.05) is 12.1 Å². The minimum Gasteiger partial charge on any atom is -0.319 e. The zero-order valence-electron chi connectivity index (χ0n) is 12.3. The van der Waals surface area contributed by atoms with E-state index in [4.69, 9.17) is 0 Å². The number of halogens is 2. The fourth-order valence-corrected chi connectivity index (χ4v) is 2.66. The molecule has 0 spiro atoms. The quantitative estimate of drug-likeness (QED) is 0.901. The number of nitrogens with one attached hydrogen (secondary N) is 2. The first kappa shape index (κ1) is 15.1. The average Bonchev–Trinajstić information content (AvgIpc) is 2.46. The van der Waals surface area contributed by atoms with E-state index in [1.54, 1.807) is 6.07 Å². The van der Waals surface area contributed by atoms with E-state index >= 15 is 0 Å². The molecular formula is C15H18F2N4O. The Bertz CT molecular complexity index is 732. The number of hydrogen-bond acceptors (Lipinski definition) is 4. The lowest BCUT2D eigenvalue weighted by molar-refractivity contribution is 0.0115. The van der Waals surface area contributed by atoms with E-state index in [0.717, 1.165) is 38.3 Å². The predicted molar refractivity (Wildman–Crippen MR) is 80.1 cm³/mol. The van der Waals surface area contributed by atoms with Crippen LogP contribution in [0.5, 0.6) is 0 Å². The summed E-state index contributed by atoms with van der Waals surface area (Å²) in [6.45, 7) is 5.30. The summed E-state index contributed by atoms with van der Waals surface area (Å²) >= 11 is 0. The minimum absolute atomic E-state index is 0.375. The van der Waals surface area contributed by atoms with E-state index in [9.17, 15) is 13.6 Å². The molecule has 0 saturated carbocycles. The molecular weight excluding hydrogens is 290 g/mol. The zero-order valence-corrected chi connectivity index (χ0v) is 12.3. The van der Waals surface area contributed by atoms with Crippen LogP contribution in [0.25, 0.3) is 11.0 Å². The molecule has 2 heterocycles. The van der Waals surface area contributed by atoms with Crippen LogP contribution in [0.15, 0.2) is 23.0 Å². The van der Waals surface area contributed by atoms with Gasteiger partial charge in [-0.25, -0.2) is 4.98 Å². The molecule has 7 heteroatoms. The number of nitrogens with zero attached hydrogens (tertiary/aromatic N) is 2. The molecule has 0 aliphatic carbocycles. The standard InChI is InChI=1S/C15H18F2N4O/c1-15(16,17)13-14(22)20-12-8-10(2-3-11(12)19-13)9-21-6-4-18-5-7-21/h2-3,8,18H,4-7,9H2,1H3,(H,20,22). The van der Waals surface area contributed by atoms with Gasteiger partial charge in [0.15, 0.2) is 5.69 Å². The minimum atomic E-state index is -3.25. The normalized spacial score (nSPS) is 17.0. The van der Waals surface area contributed by atoms with Gasteiger partial charge in [-0.05, 0) is 17.7 Å².